The molecule has 2 heteroatoms. The van der Waals surface area contributed by atoms with Gasteiger partial charge >= 0.3 is 0 Å². The van der Waals surface area contributed by atoms with Crippen LogP contribution in [0.1, 0.15) is 56.9 Å². The molecule has 1 fully saturated rings. The normalized spacial score (nSPS) is 27.4. The molecule has 0 radical (unpaired) electrons. The fraction of sp³-hybridized carbons (Fsp3) is 0.647. The predicted molar refractivity (Wildman–Crippen MR) is 80.4 cm³/mol. The summed E-state index contributed by atoms with van der Waals surface area (Å²) in [4.78, 5) is 0. The topological polar surface area (TPSA) is 32.3 Å². The number of unbranched alkanes of at least 4 members (excludes halogenated alkanes) is 2. The van der Waals surface area contributed by atoms with Crippen LogP contribution < -0.4 is 5.32 Å². The highest BCUT2D eigenvalue weighted by Gasteiger charge is 2.28. The minimum atomic E-state index is -0.150. The molecule has 0 spiro atoms. The molecule has 0 heterocycles. The summed E-state index contributed by atoms with van der Waals surface area (Å²) in [5, 5.41) is 13.7. The van der Waals surface area contributed by atoms with E-state index in [9.17, 15) is 5.11 Å². The van der Waals surface area contributed by atoms with Gasteiger partial charge in [0.1, 0.15) is 0 Å². The fourth-order valence-corrected chi connectivity index (χ4v) is 3.13. The number of rotatable bonds is 6. The van der Waals surface area contributed by atoms with Crippen LogP contribution in [0, 0.1) is 0 Å². The molecule has 1 aliphatic carbocycles. The Morgan fingerprint density at radius 1 is 1.11 bits per heavy atom. The molecule has 2 nitrogen and oxygen atoms in total. The van der Waals surface area contributed by atoms with Crippen molar-refractivity contribution in [1.82, 2.24) is 5.32 Å². The lowest BCUT2D eigenvalue weighted by atomic mass is 9.80. The van der Waals surface area contributed by atoms with Gasteiger partial charge in [-0.15, -0.1) is 0 Å². The molecule has 2 rings (SSSR count). The van der Waals surface area contributed by atoms with Crippen LogP contribution in [-0.4, -0.2) is 23.8 Å². The first-order valence-corrected chi connectivity index (χ1v) is 7.76. The van der Waals surface area contributed by atoms with Gasteiger partial charge in [-0.25, -0.2) is 0 Å². The Bertz CT molecular complexity index is 352. The van der Waals surface area contributed by atoms with E-state index < -0.39 is 0 Å². The van der Waals surface area contributed by atoms with Crippen LogP contribution in [0.2, 0.25) is 0 Å². The zero-order valence-electron chi connectivity index (χ0n) is 12.0. The van der Waals surface area contributed by atoms with Crippen molar-refractivity contribution in [1.29, 1.82) is 0 Å². The lowest BCUT2D eigenvalue weighted by Gasteiger charge is -2.33. The van der Waals surface area contributed by atoms with Gasteiger partial charge in [0, 0.05) is 6.04 Å². The molecule has 1 aliphatic rings. The Hall–Kier alpha value is -0.860. The van der Waals surface area contributed by atoms with Gasteiger partial charge in [0.15, 0.2) is 0 Å². The van der Waals surface area contributed by atoms with Crippen LogP contribution in [0.25, 0.3) is 0 Å². The molecular weight excluding hydrogens is 234 g/mol. The Morgan fingerprint density at radius 2 is 1.89 bits per heavy atom. The van der Waals surface area contributed by atoms with E-state index in [1.165, 1.54) is 24.8 Å². The molecule has 0 saturated heterocycles. The molecule has 106 valence electrons. The highest BCUT2D eigenvalue weighted by atomic mass is 16.3. The lowest BCUT2D eigenvalue weighted by Crippen LogP contribution is -2.39. The predicted octanol–water partition coefficient (Wildman–Crippen LogP) is 3.46. The first kappa shape index (κ1) is 14.5. The van der Waals surface area contributed by atoms with Crippen molar-refractivity contribution in [2.45, 2.75) is 63.5 Å². The maximum Gasteiger partial charge on any atom is 0.0561 e. The number of aliphatic hydroxyl groups excluding tert-OH is 1. The summed E-state index contributed by atoms with van der Waals surface area (Å²) in [5.74, 6) is 0.508. The van der Waals surface area contributed by atoms with Crippen LogP contribution in [0.3, 0.4) is 0 Å². The zero-order valence-corrected chi connectivity index (χ0v) is 12.0. The smallest absolute Gasteiger partial charge is 0.0561 e. The highest BCUT2D eigenvalue weighted by Crippen LogP contribution is 2.33. The highest BCUT2D eigenvalue weighted by molar-refractivity contribution is 5.20. The quantitative estimate of drug-likeness (QED) is 0.769. The van der Waals surface area contributed by atoms with Crippen LogP contribution in [-0.2, 0) is 0 Å². The Morgan fingerprint density at radius 3 is 2.63 bits per heavy atom. The Balaban J connectivity index is 1.85. The van der Waals surface area contributed by atoms with Gasteiger partial charge < -0.3 is 10.4 Å². The van der Waals surface area contributed by atoms with E-state index in [-0.39, 0.29) is 6.10 Å². The summed E-state index contributed by atoms with van der Waals surface area (Å²) in [7, 11) is 0. The third-order valence-corrected chi connectivity index (χ3v) is 4.17. The van der Waals surface area contributed by atoms with E-state index in [1.54, 1.807) is 0 Å². The van der Waals surface area contributed by atoms with E-state index in [1.807, 2.05) is 0 Å². The lowest BCUT2D eigenvalue weighted by molar-refractivity contribution is 0.101. The SMILES string of the molecule is CCCCCNC1CC(O)CC(c2ccccc2)C1. The molecule has 0 aliphatic heterocycles. The number of aliphatic hydroxyl groups is 1. The van der Waals surface area contributed by atoms with E-state index in [2.05, 4.69) is 42.6 Å². The average molecular weight is 261 g/mol. The number of hydrogen-bond acceptors (Lipinski definition) is 2. The minimum absolute atomic E-state index is 0.150. The monoisotopic (exact) mass is 261 g/mol. The summed E-state index contributed by atoms with van der Waals surface area (Å²) in [6, 6.07) is 11.1. The third-order valence-electron chi connectivity index (χ3n) is 4.17. The molecule has 1 saturated carbocycles. The second-order valence-corrected chi connectivity index (χ2v) is 5.83. The molecule has 0 bridgehead atoms. The molecular formula is C17H27NO. The van der Waals surface area contributed by atoms with Crippen molar-refractivity contribution in [3.8, 4) is 0 Å². The Kier molecular flexibility index (Phi) is 5.87. The largest absolute Gasteiger partial charge is 0.393 e. The Labute approximate surface area is 117 Å². The molecule has 0 aromatic heterocycles. The first-order valence-electron chi connectivity index (χ1n) is 7.76. The number of benzene rings is 1. The van der Waals surface area contributed by atoms with Crippen LogP contribution in [0.5, 0.6) is 0 Å². The van der Waals surface area contributed by atoms with E-state index in [0.717, 1.165) is 25.8 Å². The molecule has 1 aromatic carbocycles. The van der Waals surface area contributed by atoms with Crippen LogP contribution in [0.15, 0.2) is 30.3 Å². The van der Waals surface area contributed by atoms with Crippen molar-refractivity contribution >= 4 is 0 Å². The molecule has 0 amide bonds. The molecule has 2 N–H and O–H groups in total. The van der Waals surface area contributed by atoms with E-state index in [0.29, 0.717) is 12.0 Å². The fourth-order valence-electron chi connectivity index (χ4n) is 3.13. The average Bonchev–Trinajstić information content (AvgIpc) is 2.44. The van der Waals surface area contributed by atoms with Crippen molar-refractivity contribution in [3.05, 3.63) is 35.9 Å². The number of nitrogens with one attached hydrogen (secondary N) is 1. The summed E-state index contributed by atoms with van der Waals surface area (Å²) in [5.41, 5.74) is 1.38. The van der Waals surface area contributed by atoms with Crippen molar-refractivity contribution < 1.29 is 5.11 Å². The van der Waals surface area contributed by atoms with Crippen LogP contribution >= 0.6 is 0 Å². The molecule has 3 unspecified atom stereocenters. The second-order valence-electron chi connectivity index (χ2n) is 5.83. The summed E-state index contributed by atoms with van der Waals surface area (Å²) < 4.78 is 0. The van der Waals surface area contributed by atoms with Gasteiger partial charge in [0.05, 0.1) is 6.10 Å². The van der Waals surface area contributed by atoms with E-state index >= 15 is 0 Å². The minimum Gasteiger partial charge on any atom is -0.393 e. The van der Waals surface area contributed by atoms with Crippen molar-refractivity contribution in [2.75, 3.05) is 6.54 Å². The first-order chi connectivity index (χ1) is 9.29. The van der Waals surface area contributed by atoms with Crippen molar-refractivity contribution in [3.63, 3.8) is 0 Å². The third kappa shape index (κ3) is 4.63. The van der Waals surface area contributed by atoms with Gasteiger partial charge in [0.2, 0.25) is 0 Å². The molecule has 19 heavy (non-hydrogen) atoms. The summed E-state index contributed by atoms with van der Waals surface area (Å²) in [6.45, 7) is 3.32. The van der Waals surface area contributed by atoms with Gasteiger partial charge in [0.25, 0.3) is 0 Å². The molecule has 3 atom stereocenters. The van der Waals surface area contributed by atoms with Gasteiger partial charge in [-0.05, 0) is 43.7 Å². The maximum atomic E-state index is 10.1. The maximum absolute atomic E-state index is 10.1. The van der Waals surface area contributed by atoms with Crippen LogP contribution in [0.4, 0.5) is 0 Å². The molecule has 1 aromatic rings. The van der Waals surface area contributed by atoms with Gasteiger partial charge in [-0.1, -0.05) is 50.1 Å². The standard InChI is InChI=1S/C17H27NO/c1-2-3-7-10-18-16-11-15(12-17(19)13-16)14-8-5-4-6-9-14/h4-6,8-9,15-19H,2-3,7,10-13H2,1H3. The van der Waals surface area contributed by atoms with Gasteiger partial charge in [-0.3, -0.25) is 0 Å². The second kappa shape index (κ2) is 7.66. The number of hydrogen-bond donors (Lipinski definition) is 2. The summed E-state index contributed by atoms with van der Waals surface area (Å²) in [6.07, 6.45) is 6.65. The van der Waals surface area contributed by atoms with Gasteiger partial charge in [-0.2, -0.15) is 0 Å². The van der Waals surface area contributed by atoms with E-state index in [4.69, 9.17) is 0 Å². The zero-order chi connectivity index (χ0) is 13.5. The van der Waals surface area contributed by atoms with Crippen molar-refractivity contribution in [2.24, 2.45) is 0 Å². The summed E-state index contributed by atoms with van der Waals surface area (Å²) >= 11 is 0.